The van der Waals surface area contributed by atoms with Crippen molar-refractivity contribution in [2.75, 3.05) is 43.4 Å². The molecule has 3 amide bonds. The summed E-state index contributed by atoms with van der Waals surface area (Å²) in [5, 5.41) is 16.4. The molecule has 16 nitrogen and oxygen atoms in total. The Kier molecular flexibility index (Phi) is 11.6. The number of hydrogen-bond acceptors (Lipinski definition) is 12. The lowest BCUT2D eigenvalue weighted by atomic mass is 9.92. The fourth-order valence-corrected chi connectivity index (χ4v) is 8.05. The number of imide groups is 1. The normalized spacial score (nSPS) is 19.2. The number of aromatic nitrogens is 5. The van der Waals surface area contributed by atoms with Crippen LogP contribution in [0.3, 0.4) is 0 Å². The lowest BCUT2D eigenvalue weighted by Gasteiger charge is -2.40. The fourth-order valence-electron chi connectivity index (χ4n) is 8.05. The van der Waals surface area contributed by atoms with Crippen molar-refractivity contribution in [2.24, 2.45) is 0 Å². The van der Waals surface area contributed by atoms with Crippen LogP contribution in [0, 0.1) is 0 Å². The number of carbonyl (C=O) groups excluding carboxylic acids is 4. The lowest BCUT2D eigenvalue weighted by Crippen LogP contribution is -2.53. The zero-order valence-corrected chi connectivity index (χ0v) is 33.0. The van der Waals surface area contributed by atoms with Gasteiger partial charge >= 0.3 is 0 Å². The molecular formula is C42H48N10O6. The Bertz CT molecular complexity index is 2390. The number of hydrogen-bond donors (Lipinski definition) is 3. The van der Waals surface area contributed by atoms with Crippen molar-refractivity contribution >= 4 is 52.4 Å². The first-order valence-electron chi connectivity index (χ1n) is 19.8. The SMILES string of the molecule is C=CCn1c(=O)c2cnc(Nc3ccc(N4CCN(C5=CCCC(C(=O)N(C)C6CCC(=O)NC6=O)=C5C=O)CC4)cc3)nc2n1-c1ccc2c(n1)C(O)CC2.CC. The highest BCUT2D eigenvalue weighted by Crippen LogP contribution is 2.32. The molecule has 2 aliphatic heterocycles. The molecule has 2 fully saturated rings. The van der Waals surface area contributed by atoms with Gasteiger partial charge in [-0.15, -0.1) is 6.58 Å². The minimum atomic E-state index is -0.764. The number of aliphatic hydroxyl groups excluding tert-OH is 1. The van der Waals surface area contributed by atoms with Gasteiger partial charge in [0.15, 0.2) is 17.8 Å². The molecule has 0 radical (unpaired) electrons. The maximum Gasteiger partial charge on any atom is 0.278 e. The minimum absolute atomic E-state index is 0.158. The van der Waals surface area contributed by atoms with Crippen molar-refractivity contribution in [1.29, 1.82) is 0 Å². The van der Waals surface area contributed by atoms with Crippen molar-refractivity contribution < 1.29 is 24.3 Å². The molecule has 4 aromatic rings. The number of pyridine rings is 1. The van der Waals surface area contributed by atoms with Gasteiger partial charge in [-0.3, -0.25) is 29.3 Å². The summed E-state index contributed by atoms with van der Waals surface area (Å²) in [6.07, 6.45) is 7.97. The van der Waals surface area contributed by atoms with E-state index in [0.29, 0.717) is 85.1 Å². The number of rotatable bonds is 10. The van der Waals surface area contributed by atoms with E-state index in [0.717, 1.165) is 35.3 Å². The Morgan fingerprint density at radius 2 is 1.74 bits per heavy atom. The number of fused-ring (bicyclic) bond motifs is 2. The molecule has 5 heterocycles. The third-order valence-corrected chi connectivity index (χ3v) is 11.0. The molecule has 1 aromatic carbocycles. The van der Waals surface area contributed by atoms with E-state index in [4.69, 9.17) is 9.97 Å². The second-order valence-corrected chi connectivity index (χ2v) is 14.4. The van der Waals surface area contributed by atoms with E-state index in [1.54, 1.807) is 17.8 Å². The Morgan fingerprint density at radius 1 is 1.00 bits per heavy atom. The zero-order valence-electron chi connectivity index (χ0n) is 33.0. The quantitative estimate of drug-likeness (QED) is 0.121. The first kappa shape index (κ1) is 39.8. The van der Waals surface area contributed by atoms with E-state index >= 15 is 0 Å². The predicted octanol–water partition coefficient (Wildman–Crippen LogP) is 3.47. The number of nitrogens with zero attached hydrogens (tertiary/aromatic N) is 8. The Morgan fingerprint density at radius 3 is 2.45 bits per heavy atom. The maximum absolute atomic E-state index is 13.6. The number of anilines is 3. The summed E-state index contributed by atoms with van der Waals surface area (Å²) in [7, 11) is 1.54. The predicted molar refractivity (Wildman–Crippen MR) is 219 cm³/mol. The highest BCUT2D eigenvalue weighted by molar-refractivity contribution is 6.06. The summed E-state index contributed by atoms with van der Waals surface area (Å²) in [5.74, 6) is -0.458. The standard InChI is InChI=1S/C40H42N10O6.C2H6/c1-3-17-49-39(56)28-22-41-40(45-36(28)50(49)33-15-8-24-7-14-32(52)35(24)43-33)42-25-9-11-26(12-10-25)47-18-20-48(21-19-47)30-6-4-5-27(29(30)23-51)38(55)46(2)31-13-16-34(53)44-37(31)54;1-2/h3,6,8-12,15,22-23,31-32,52H,1,4-5,7,13-14,16-21H2,2H3,(H,41,42,45)(H,44,53,54);1-2H3. The second kappa shape index (κ2) is 17.0. The van der Waals surface area contributed by atoms with E-state index in [2.05, 4.69) is 32.0 Å². The number of aliphatic hydroxyl groups is 1. The molecule has 16 heteroatoms. The van der Waals surface area contributed by atoms with Crippen LogP contribution < -0.4 is 21.1 Å². The molecule has 0 saturated carbocycles. The first-order chi connectivity index (χ1) is 28.1. The molecule has 0 bridgehead atoms. The van der Waals surface area contributed by atoms with Gasteiger partial charge in [-0.2, -0.15) is 4.98 Å². The number of piperidine rings is 1. The van der Waals surface area contributed by atoms with Gasteiger partial charge in [-0.1, -0.05) is 32.1 Å². The van der Waals surface area contributed by atoms with Crippen molar-refractivity contribution in [1.82, 2.24) is 39.4 Å². The largest absolute Gasteiger partial charge is 0.387 e. The summed E-state index contributed by atoms with van der Waals surface area (Å²) in [4.78, 5) is 83.1. The number of piperazine rings is 1. The third-order valence-electron chi connectivity index (χ3n) is 11.0. The van der Waals surface area contributed by atoms with Crippen LogP contribution in [0.25, 0.3) is 16.9 Å². The fraction of sp³-hybridized carbons (Fsp3) is 0.381. The van der Waals surface area contributed by atoms with Crippen LogP contribution in [-0.2, 0) is 32.1 Å². The Hall–Kier alpha value is -6.42. The molecule has 4 aliphatic rings. The highest BCUT2D eigenvalue weighted by atomic mass is 16.3. The van der Waals surface area contributed by atoms with Gasteiger partial charge in [-0.05, 0) is 68.0 Å². The number of nitrogens with one attached hydrogen (secondary N) is 2. The van der Waals surface area contributed by atoms with E-state index in [1.807, 2.05) is 56.3 Å². The van der Waals surface area contributed by atoms with E-state index < -0.39 is 18.1 Å². The van der Waals surface area contributed by atoms with Crippen molar-refractivity contribution in [2.45, 2.75) is 71.1 Å². The topological polar surface area (TPSA) is 188 Å². The molecule has 8 rings (SSSR count). The maximum atomic E-state index is 13.6. The molecule has 58 heavy (non-hydrogen) atoms. The Balaban J connectivity index is 0.00000252. The number of benzene rings is 1. The summed E-state index contributed by atoms with van der Waals surface area (Å²) in [5.41, 5.74) is 4.93. The molecule has 302 valence electrons. The van der Waals surface area contributed by atoms with Gasteiger partial charge in [-0.25, -0.2) is 19.3 Å². The number of likely N-dealkylation sites (N-methyl/N-ethyl adjacent to an activating group) is 1. The first-order valence-corrected chi connectivity index (χ1v) is 19.8. The molecule has 2 saturated heterocycles. The van der Waals surface area contributed by atoms with Crippen LogP contribution in [0.4, 0.5) is 17.3 Å². The number of allylic oxidation sites excluding steroid dienone is 3. The van der Waals surface area contributed by atoms with Crippen LogP contribution in [0.5, 0.6) is 0 Å². The molecule has 3 N–H and O–H groups in total. The molecule has 2 atom stereocenters. The summed E-state index contributed by atoms with van der Waals surface area (Å²) >= 11 is 0. The highest BCUT2D eigenvalue weighted by Gasteiger charge is 2.35. The smallest absolute Gasteiger partial charge is 0.278 e. The van der Waals surface area contributed by atoms with Crippen LogP contribution in [-0.4, -0.2) is 102 Å². The van der Waals surface area contributed by atoms with Crippen LogP contribution >= 0.6 is 0 Å². The number of amides is 3. The third kappa shape index (κ3) is 7.54. The average molecular weight is 789 g/mol. The van der Waals surface area contributed by atoms with Crippen LogP contribution in [0.1, 0.15) is 63.3 Å². The van der Waals surface area contributed by atoms with E-state index in [1.165, 1.54) is 15.8 Å². The van der Waals surface area contributed by atoms with Gasteiger partial charge < -0.3 is 25.1 Å². The van der Waals surface area contributed by atoms with Crippen molar-refractivity contribution in [3.8, 4) is 5.82 Å². The van der Waals surface area contributed by atoms with Crippen LogP contribution in [0.2, 0.25) is 0 Å². The van der Waals surface area contributed by atoms with E-state index in [9.17, 15) is 29.1 Å². The second-order valence-electron chi connectivity index (χ2n) is 14.4. The average Bonchev–Trinajstić information content (AvgIpc) is 3.75. The number of carbonyl (C=O) groups is 4. The van der Waals surface area contributed by atoms with Crippen molar-refractivity contribution in [3.05, 3.63) is 99.8 Å². The van der Waals surface area contributed by atoms with Gasteiger partial charge in [0.25, 0.3) is 11.5 Å². The van der Waals surface area contributed by atoms with E-state index in [-0.39, 0.29) is 36.8 Å². The lowest BCUT2D eigenvalue weighted by molar-refractivity contribution is -0.142. The summed E-state index contributed by atoms with van der Waals surface area (Å²) in [6, 6.07) is 10.9. The summed E-state index contributed by atoms with van der Waals surface area (Å²) in [6.45, 7) is 10.7. The Labute approximate surface area is 335 Å². The monoisotopic (exact) mass is 788 g/mol. The molecule has 0 spiro atoms. The zero-order chi connectivity index (χ0) is 41.1. The van der Waals surface area contributed by atoms with Crippen LogP contribution in [0.15, 0.2) is 83.0 Å². The molecule has 2 aliphatic carbocycles. The van der Waals surface area contributed by atoms with Gasteiger partial charge in [0.2, 0.25) is 17.8 Å². The van der Waals surface area contributed by atoms with Crippen molar-refractivity contribution in [3.63, 3.8) is 0 Å². The van der Waals surface area contributed by atoms with Gasteiger partial charge in [0, 0.05) is 74.1 Å². The summed E-state index contributed by atoms with van der Waals surface area (Å²) < 4.78 is 3.15. The number of aldehydes is 1. The van der Waals surface area contributed by atoms with Gasteiger partial charge in [0.05, 0.1) is 18.3 Å². The number of aryl methyl sites for hydroxylation is 1. The minimum Gasteiger partial charge on any atom is -0.387 e. The molecule has 2 unspecified atom stereocenters. The van der Waals surface area contributed by atoms with Gasteiger partial charge in [0.1, 0.15) is 11.4 Å². The molecule has 3 aromatic heterocycles. The molecular weight excluding hydrogens is 741 g/mol.